The van der Waals surface area contributed by atoms with Crippen molar-refractivity contribution in [3.8, 4) is 0 Å². The Morgan fingerprint density at radius 3 is 2.12 bits per heavy atom. The van der Waals surface area contributed by atoms with E-state index in [2.05, 4.69) is 5.32 Å². The van der Waals surface area contributed by atoms with E-state index in [0.29, 0.717) is 39.0 Å². The highest BCUT2D eigenvalue weighted by molar-refractivity contribution is 5.89. The van der Waals surface area contributed by atoms with Gasteiger partial charge in [0.2, 0.25) is 11.6 Å². The predicted molar refractivity (Wildman–Crippen MR) is 125 cm³/mol. The minimum atomic E-state index is -1.17. The zero-order valence-corrected chi connectivity index (χ0v) is 19.1. The van der Waals surface area contributed by atoms with E-state index in [9.17, 15) is 14.4 Å². The second-order valence-electron chi connectivity index (χ2n) is 9.31. The molecule has 3 aliphatic heterocycles. The third-order valence-electron chi connectivity index (χ3n) is 7.26. The average Bonchev–Trinajstić information content (AvgIpc) is 3.18. The van der Waals surface area contributed by atoms with Crippen LogP contribution in [0.3, 0.4) is 0 Å². The summed E-state index contributed by atoms with van der Waals surface area (Å²) in [6.45, 7) is 2.41. The van der Waals surface area contributed by atoms with Gasteiger partial charge in [0, 0.05) is 30.1 Å². The fourth-order valence-electron chi connectivity index (χ4n) is 5.69. The SMILES string of the molecule is NC(=O)CN1CCC(C(=O)C2CNCC3C(=O)OC(c4ccccc4)(c4ccccc4)N32)CC1. The average molecular weight is 463 g/mol. The van der Waals surface area contributed by atoms with E-state index in [-0.39, 0.29) is 30.1 Å². The Morgan fingerprint density at radius 1 is 0.971 bits per heavy atom. The summed E-state index contributed by atoms with van der Waals surface area (Å²) < 4.78 is 6.23. The van der Waals surface area contributed by atoms with E-state index in [1.165, 1.54) is 0 Å². The van der Waals surface area contributed by atoms with Crippen LogP contribution < -0.4 is 11.1 Å². The van der Waals surface area contributed by atoms with Gasteiger partial charge in [0.15, 0.2) is 5.78 Å². The molecule has 3 N–H and O–H groups in total. The Morgan fingerprint density at radius 2 is 1.56 bits per heavy atom. The lowest BCUT2D eigenvalue weighted by Gasteiger charge is -2.46. The largest absolute Gasteiger partial charge is 0.434 e. The number of nitrogens with zero attached hydrogens (tertiary/aromatic N) is 2. The van der Waals surface area contributed by atoms with Crippen LogP contribution in [0.25, 0.3) is 0 Å². The quantitative estimate of drug-likeness (QED) is 0.614. The second-order valence-corrected chi connectivity index (χ2v) is 9.31. The Balaban J connectivity index is 1.51. The maximum absolute atomic E-state index is 13.9. The molecule has 3 aliphatic rings. The number of nitrogens with two attached hydrogens (primary N) is 1. The number of carbonyl (C=O) groups excluding carboxylic acids is 3. The van der Waals surface area contributed by atoms with E-state index < -0.39 is 17.8 Å². The summed E-state index contributed by atoms with van der Waals surface area (Å²) in [4.78, 5) is 42.4. The van der Waals surface area contributed by atoms with Crippen LogP contribution in [-0.2, 0) is 24.8 Å². The van der Waals surface area contributed by atoms with E-state index in [4.69, 9.17) is 10.5 Å². The Bertz CT molecular complexity index is 1010. The lowest BCUT2D eigenvalue weighted by molar-refractivity contribution is -0.153. The van der Waals surface area contributed by atoms with Crippen LogP contribution in [0.2, 0.25) is 0 Å². The summed E-state index contributed by atoms with van der Waals surface area (Å²) in [5.41, 5.74) is 5.82. The molecule has 3 fully saturated rings. The van der Waals surface area contributed by atoms with Gasteiger partial charge in [-0.05, 0) is 25.9 Å². The topological polar surface area (TPSA) is 105 Å². The summed E-state index contributed by atoms with van der Waals surface area (Å²) in [5, 5.41) is 3.30. The molecule has 1 amide bonds. The molecule has 0 bridgehead atoms. The first-order valence-electron chi connectivity index (χ1n) is 11.9. The molecule has 0 saturated carbocycles. The van der Waals surface area contributed by atoms with Crippen molar-refractivity contribution in [2.24, 2.45) is 11.7 Å². The number of primary amides is 1. The second kappa shape index (κ2) is 9.29. The molecule has 0 radical (unpaired) electrons. The summed E-state index contributed by atoms with van der Waals surface area (Å²) in [5.74, 6) is -0.707. The number of benzene rings is 2. The molecule has 0 aromatic heterocycles. The highest BCUT2D eigenvalue weighted by atomic mass is 16.6. The number of esters is 1. The Hall–Kier alpha value is -3.07. The standard InChI is InChI=1S/C26H30N4O4/c27-23(31)17-29-13-11-18(12-14-29)24(32)21-15-28-16-22-25(33)34-26(30(21)22,19-7-3-1-4-8-19)20-9-5-2-6-10-20/h1-10,18,21-22,28H,11-17H2,(H2,27,31). The lowest BCUT2D eigenvalue weighted by atomic mass is 9.84. The number of piperazine rings is 1. The van der Waals surface area contributed by atoms with Gasteiger partial charge in [-0.25, -0.2) is 4.90 Å². The summed E-state index contributed by atoms with van der Waals surface area (Å²) in [6, 6.07) is 18.3. The van der Waals surface area contributed by atoms with Crippen molar-refractivity contribution in [1.82, 2.24) is 15.1 Å². The number of Topliss-reactive ketones (excluding diaryl/α,β-unsaturated/α-hetero) is 1. The smallest absolute Gasteiger partial charge is 0.327 e. The Kier molecular flexibility index (Phi) is 6.20. The zero-order chi connectivity index (χ0) is 23.7. The number of ether oxygens (including phenoxy) is 1. The maximum atomic E-state index is 13.9. The third kappa shape index (κ3) is 3.91. The van der Waals surface area contributed by atoms with Crippen molar-refractivity contribution < 1.29 is 19.1 Å². The predicted octanol–water partition coefficient (Wildman–Crippen LogP) is 0.853. The van der Waals surface area contributed by atoms with Gasteiger partial charge in [-0.15, -0.1) is 0 Å². The van der Waals surface area contributed by atoms with Gasteiger partial charge in [-0.2, -0.15) is 0 Å². The van der Waals surface area contributed by atoms with Gasteiger partial charge < -0.3 is 15.8 Å². The number of fused-ring (bicyclic) bond motifs is 1. The first-order valence-corrected chi connectivity index (χ1v) is 11.9. The number of amides is 1. The first kappa shape index (κ1) is 22.7. The van der Waals surface area contributed by atoms with Crippen molar-refractivity contribution in [3.05, 3.63) is 71.8 Å². The van der Waals surface area contributed by atoms with E-state index in [0.717, 1.165) is 11.1 Å². The van der Waals surface area contributed by atoms with Gasteiger partial charge in [0.1, 0.15) is 6.04 Å². The highest BCUT2D eigenvalue weighted by Crippen LogP contribution is 2.46. The molecular formula is C26H30N4O4. The van der Waals surface area contributed by atoms with Gasteiger partial charge in [-0.3, -0.25) is 19.3 Å². The van der Waals surface area contributed by atoms with Crippen LogP contribution in [0.5, 0.6) is 0 Å². The number of rotatable bonds is 6. The van der Waals surface area contributed by atoms with Crippen LogP contribution in [0, 0.1) is 5.92 Å². The van der Waals surface area contributed by atoms with E-state index in [1.807, 2.05) is 70.5 Å². The molecule has 2 atom stereocenters. The van der Waals surface area contributed by atoms with Crippen LogP contribution >= 0.6 is 0 Å². The third-order valence-corrected chi connectivity index (χ3v) is 7.26. The molecule has 0 spiro atoms. The molecule has 34 heavy (non-hydrogen) atoms. The van der Waals surface area contributed by atoms with Crippen molar-refractivity contribution in [3.63, 3.8) is 0 Å². The number of hydrogen-bond acceptors (Lipinski definition) is 7. The van der Waals surface area contributed by atoms with Crippen molar-refractivity contribution in [2.75, 3.05) is 32.7 Å². The van der Waals surface area contributed by atoms with E-state index >= 15 is 0 Å². The molecule has 8 heteroatoms. The molecule has 0 aliphatic carbocycles. The summed E-state index contributed by atoms with van der Waals surface area (Å²) >= 11 is 0. The fourth-order valence-corrected chi connectivity index (χ4v) is 5.69. The molecule has 8 nitrogen and oxygen atoms in total. The molecule has 2 aromatic carbocycles. The van der Waals surface area contributed by atoms with Crippen LogP contribution in [0.4, 0.5) is 0 Å². The van der Waals surface area contributed by atoms with Crippen molar-refractivity contribution >= 4 is 17.7 Å². The molecule has 2 unspecified atom stereocenters. The molecule has 178 valence electrons. The highest BCUT2D eigenvalue weighted by Gasteiger charge is 2.60. The number of piperidine rings is 1. The summed E-state index contributed by atoms with van der Waals surface area (Å²) in [6.07, 6.45) is 1.33. The lowest BCUT2D eigenvalue weighted by Crippen LogP contribution is -2.65. The van der Waals surface area contributed by atoms with Crippen LogP contribution in [0.1, 0.15) is 24.0 Å². The number of nitrogens with one attached hydrogen (secondary N) is 1. The van der Waals surface area contributed by atoms with Gasteiger partial charge in [0.05, 0.1) is 12.6 Å². The van der Waals surface area contributed by atoms with Crippen molar-refractivity contribution in [1.29, 1.82) is 0 Å². The first-order chi connectivity index (χ1) is 16.5. The number of likely N-dealkylation sites (tertiary alicyclic amines) is 1. The molecule has 5 rings (SSSR count). The minimum Gasteiger partial charge on any atom is -0.434 e. The monoisotopic (exact) mass is 462 g/mol. The van der Waals surface area contributed by atoms with Crippen LogP contribution in [-0.4, -0.2) is 72.3 Å². The van der Waals surface area contributed by atoms with Crippen LogP contribution in [0.15, 0.2) is 60.7 Å². The zero-order valence-electron chi connectivity index (χ0n) is 19.1. The van der Waals surface area contributed by atoms with Gasteiger partial charge in [0.25, 0.3) is 0 Å². The Labute approximate surface area is 199 Å². The number of ketones is 1. The number of cyclic esters (lactones) is 1. The van der Waals surface area contributed by atoms with E-state index in [1.54, 1.807) is 0 Å². The molecule has 2 aromatic rings. The number of carbonyl (C=O) groups is 3. The molecule has 3 saturated heterocycles. The molecule has 3 heterocycles. The molecular weight excluding hydrogens is 432 g/mol. The van der Waals surface area contributed by atoms with Crippen molar-refractivity contribution in [2.45, 2.75) is 30.7 Å². The summed E-state index contributed by atoms with van der Waals surface area (Å²) in [7, 11) is 0. The normalized spacial score (nSPS) is 25.5. The van der Waals surface area contributed by atoms with Gasteiger partial charge in [-0.1, -0.05) is 60.7 Å². The fraction of sp³-hybridized carbons (Fsp3) is 0.423. The maximum Gasteiger partial charge on any atom is 0.327 e. The minimum absolute atomic E-state index is 0.116. The van der Waals surface area contributed by atoms with Gasteiger partial charge >= 0.3 is 5.97 Å². The number of hydrogen-bond donors (Lipinski definition) is 2.